The summed E-state index contributed by atoms with van der Waals surface area (Å²) in [6.45, 7) is 5.55. The van der Waals surface area contributed by atoms with Crippen LogP contribution >= 0.6 is 11.3 Å². The molecule has 1 aliphatic heterocycles. The van der Waals surface area contributed by atoms with Crippen LogP contribution in [0, 0.1) is 0 Å². The summed E-state index contributed by atoms with van der Waals surface area (Å²) in [4.78, 5) is 18.0. The first-order valence-electron chi connectivity index (χ1n) is 11.0. The maximum atomic E-state index is 5.57. The molecule has 3 aromatic heterocycles. The van der Waals surface area contributed by atoms with Crippen LogP contribution in [0.3, 0.4) is 0 Å². The first kappa shape index (κ1) is 19.0. The smallest absolute Gasteiger partial charge is 0.148 e. The van der Waals surface area contributed by atoms with E-state index in [1.165, 1.54) is 28.5 Å². The SMILES string of the molecule is C[C@@H](Nc1ncnc2c1sc1nc(N3CCOCC3)c3c(c12)CCC3)c1ccccc1. The Bertz CT molecular complexity index is 1250. The predicted molar refractivity (Wildman–Crippen MR) is 126 cm³/mol. The van der Waals surface area contributed by atoms with Crippen molar-refractivity contribution >= 4 is 43.4 Å². The van der Waals surface area contributed by atoms with E-state index in [2.05, 4.69) is 46.4 Å². The van der Waals surface area contributed by atoms with Gasteiger partial charge in [0.15, 0.2) is 0 Å². The molecule has 1 fully saturated rings. The zero-order chi connectivity index (χ0) is 20.8. The van der Waals surface area contributed by atoms with Gasteiger partial charge in [0.1, 0.15) is 22.8 Å². The summed E-state index contributed by atoms with van der Waals surface area (Å²) in [6.07, 6.45) is 5.08. The van der Waals surface area contributed by atoms with E-state index in [9.17, 15) is 0 Å². The highest BCUT2D eigenvalue weighted by Gasteiger charge is 2.27. The Morgan fingerprint density at radius 2 is 1.87 bits per heavy atom. The van der Waals surface area contributed by atoms with Crippen molar-refractivity contribution in [2.45, 2.75) is 32.2 Å². The number of aryl methyl sites for hydroxylation is 1. The highest BCUT2D eigenvalue weighted by Crippen LogP contribution is 2.43. The van der Waals surface area contributed by atoms with Gasteiger partial charge in [0.05, 0.1) is 23.4 Å². The number of benzene rings is 1. The summed E-state index contributed by atoms with van der Waals surface area (Å²) < 4.78 is 6.67. The van der Waals surface area contributed by atoms with E-state index >= 15 is 0 Å². The van der Waals surface area contributed by atoms with Crippen LogP contribution in [-0.2, 0) is 17.6 Å². The second kappa shape index (κ2) is 7.73. The molecule has 158 valence electrons. The first-order chi connectivity index (χ1) is 15.3. The van der Waals surface area contributed by atoms with Gasteiger partial charge in [0.2, 0.25) is 0 Å². The van der Waals surface area contributed by atoms with Crippen LogP contribution in [0.4, 0.5) is 11.6 Å². The number of nitrogens with zero attached hydrogens (tertiary/aromatic N) is 4. The lowest BCUT2D eigenvalue weighted by Crippen LogP contribution is -2.37. The van der Waals surface area contributed by atoms with Crippen LogP contribution in [0.5, 0.6) is 0 Å². The number of nitrogens with one attached hydrogen (secondary N) is 1. The molecule has 4 heterocycles. The molecule has 0 saturated carbocycles. The van der Waals surface area contributed by atoms with Crippen molar-refractivity contribution < 1.29 is 4.74 Å². The van der Waals surface area contributed by atoms with Gasteiger partial charge in [-0.25, -0.2) is 15.0 Å². The average molecular weight is 432 g/mol. The third-order valence-electron chi connectivity index (χ3n) is 6.41. The van der Waals surface area contributed by atoms with E-state index in [0.717, 1.165) is 65.8 Å². The minimum Gasteiger partial charge on any atom is -0.378 e. The highest BCUT2D eigenvalue weighted by atomic mass is 32.1. The van der Waals surface area contributed by atoms with E-state index in [4.69, 9.17) is 14.7 Å². The summed E-state index contributed by atoms with van der Waals surface area (Å²) in [5, 5.41) is 4.85. The lowest BCUT2D eigenvalue weighted by atomic mass is 10.1. The Balaban J connectivity index is 1.47. The molecule has 0 radical (unpaired) electrons. The monoisotopic (exact) mass is 431 g/mol. The van der Waals surface area contributed by atoms with Gasteiger partial charge < -0.3 is 15.0 Å². The van der Waals surface area contributed by atoms with Crippen LogP contribution in [0.15, 0.2) is 36.7 Å². The van der Waals surface area contributed by atoms with E-state index in [1.54, 1.807) is 17.7 Å². The van der Waals surface area contributed by atoms with E-state index in [1.807, 2.05) is 6.07 Å². The zero-order valence-electron chi connectivity index (χ0n) is 17.6. The fraction of sp³-hybridized carbons (Fsp3) is 0.375. The van der Waals surface area contributed by atoms with Gasteiger partial charge in [-0.15, -0.1) is 11.3 Å². The Labute approximate surface area is 185 Å². The molecule has 1 N–H and O–H groups in total. The minimum absolute atomic E-state index is 0.159. The van der Waals surface area contributed by atoms with Gasteiger partial charge in [-0.3, -0.25) is 0 Å². The van der Waals surface area contributed by atoms with E-state index in [-0.39, 0.29) is 6.04 Å². The fourth-order valence-electron chi connectivity index (χ4n) is 4.85. The van der Waals surface area contributed by atoms with E-state index in [0.29, 0.717) is 0 Å². The molecule has 6 rings (SSSR count). The lowest BCUT2D eigenvalue weighted by molar-refractivity contribution is 0.122. The number of hydrogen-bond donors (Lipinski definition) is 1. The van der Waals surface area contributed by atoms with Crippen molar-refractivity contribution in [2.24, 2.45) is 0 Å². The van der Waals surface area contributed by atoms with Crippen molar-refractivity contribution in [3.05, 3.63) is 53.3 Å². The molecule has 0 spiro atoms. The summed E-state index contributed by atoms with van der Waals surface area (Å²) in [7, 11) is 0. The van der Waals surface area contributed by atoms with Gasteiger partial charge in [-0.2, -0.15) is 0 Å². The van der Waals surface area contributed by atoms with Crippen LogP contribution < -0.4 is 10.2 Å². The molecule has 1 aromatic carbocycles. The number of ether oxygens (including phenoxy) is 1. The fourth-order valence-corrected chi connectivity index (χ4v) is 5.96. The molecular formula is C24H25N5OS. The second-order valence-electron chi connectivity index (χ2n) is 8.30. The largest absolute Gasteiger partial charge is 0.378 e. The van der Waals surface area contributed by atoms with Gasteiger partial charge >= 0.3 is 0 Å². The summed E-state index contributed by atoms with van der Waals surface area (Å²) >= 11 is 1.71. The molecule has 2 aliphatic rings. The maximum Gasteiger partial charge on any atom is 0.148 e. The van der Waals surface area contributed by atoms with Gasteiger partial charge in [0, 0.05) is 24.5 Å². The topological polar surface area (TPSA) is 63.2 Å². The Kier molecular flexibility index (Phi) is 4.73. The molecule has 1 saturated heterocycles. The third-order valence-corrected chi connectivity index (χ3v) is 7.49. The van der Waals surface area contributed by atoms with Crippen LogP contribution in [0.2, 0.25) is 0 Å². The molecule has 6 nitrogen and oxygen atoms in total. The van der Waals surface area contributed by atoms with Gasteiger partial charge in [0.25, 0.3) is 0 Å². The van der Waals surface area contributed by atoms with Crippen molar-refractivity contribution in [3.63, 3.8) is 0 Å². The lowest BCUT2D eigenvalue weighted by Gasteiger charge is -2.29. The Morgan fingerprint density at radius 3 is 2.71 bits per heavy atom. The summed E-state index contributed by atoms with van der Waals surface area (Å²) in [6, 6.07) is 10.6. The minimum atomic E-state index is 0.159. The summed E-state index contributed by atoms with van der Waals surface area (Å²) in [5.41, 5.74) is 5.14. The normalized spacial score (nSPS) is 17.3. The molecule has 31 heavy (non-hydrogen) atoms. The maximum absolute atomic E-state index is 5.57. The van der Waals surface area contributed by atoms with Crippen LogP contribution in [0.25, 0.3) is 20.4 Å². The number of anilines is 2. The molecule has 0 unspecified atom stereocenters. The third kappa shape index (κ3) is 3.23. The van der Waals surface area contributed by atoms with Gasteiger partial charge in [-0.05, 0) is 42.9 Å². The summed E-state index contributed by atoms with van der Waals surface area (Å²) in [5.74, 6) is 2.05. The number of hydrogen-bond acceptors (Lipinski definition) is 7. The number of morpholine rings is 1. The predicted octanol–water partition coefficient (Wildman–Crippen LogP) is 4.74. The Morgan fingerprint density at radius 1 is 1.06 bits per heavy atom. The molecule has 4 aromatic rings. The molecule has 0 amide bonds. The quantitative estimate of drug-likeness (QED) is 0.504. The van der Waals surface area contributed by atoms with E-state index < -0.39 is 0 Å². The first-order valence-corrected chi connectivity index (χ1v) is 11.8. The molecule has 1 atom stereocenters. The zero-order valence-corrected chi connectivity index (χ0v) is 18.4. The van der Waals surface area contributed by atoms with Crippen molar-refractivity contribution in [3.8, 4) is 0 Å². The van der Waals surface area contributed by atoms with Crippen LogP contribution in [-0.4, -0.2) is 41.3 Å². The number of rotatable bonds is 4. The van der Waals surface area contributed by atoms with Gasteiger partial charge in [-0.1, -0.05) is 30.3 Å². The number of aromatic nitrogens is 3. The highest BCUT2D eigenvalue weighted by molar-refractivity contribution is 7.26. The molecule has 0 bridgehead atoms. The second-order valence-corrected chi connectivity index (χ2v) is 9.30. The Hall–Kier alpha value is -2.77. The standard InChI is InChI=1S/C24H25N5OS/c1-15(16-6-3-2-4-7-16)27-22-21-20(25-14-26-22)19-17-8-5-9-18(17)23(28-24(19)31-21)29-10-12-30-13-11-29/h2-4,6-7,14-15H,5,8-13H2,1H3,(H,25,26,27)/t15-/m1/s1. The van der Waals surface area contributed by atoms with Crippen molar-refractivity contribution in [1.82, 2.24) is 15.0 Å². The van der Waals surface area contributed by atoms with Crippen molar-refractivity contribution in [1.29, 1.82) is 0 Å². The number of pyridine rings is 1. The average Bonchev–Trinajstić information content (AvgIpc) is 3.44. The molecule has 7 heteroatoms. The number of thiophene rings is 1. The molecule has 1 aliphatic carbocycles. The molecular weight excluding hydrogens is 406 g/mol. The van der Waals surface area contributed by atoms with Crippen molar-refractivity contribution in [2.75, 3.05) is 36.5 Å². The number of fused-ring (bicyclic) bond motifs is 5. The van der Waals surface area contributed by atoms with Crippen LogP contribution in [0.1, 0.15) is 36.1 Å².